The molecule has 1 heterocycles. The van der Waals surface area contributed by atoms with Gasteiger partial charge in [0.15, 0.2) is 19.8 Å². The van der Waals surface area contributed by atoms with Crippen molar-refractivity contribution in [1.82, 2.24) is 0 Å². The summed E-state index contributed by atoms with van der Waals surface area (Å²) in [5, 5.41) is 0. The average molecular weight is 651 g/mol. The fourth-order valence-electron chi connectivity index (χ4n) is 1.51. The maximum atomic E-state index is 15.0. The van der Waals surface area contributed by atoms with Crippen LogP contribution in [0.2, 0.25) is 0 Å². The minimum absolute atomic E-state index is 0.139. The van der Waals surface area contributed by atoms with Crippen molar-refractivity contribution in [1.29, 1.82) is 0 Å². The SMILES string of the molecule is CP1(F)=NP(F)(F)=NP(F)(OCC(F)(F)F)=NP(F)(OCC(F)(F)F)=NP(F)(OCC(F)(F)F)=N1. The molecule has 4 unspecified atom stereocenters. The summed E-state index contributed by atoms with van der Waals surface area (Å²) in [5.41, 5.74) is 0. The molecule has 0 aromatic heterocycles. The Morgan fingerprint density at radius 1 is 0.486 bits per heavy atom. The first-order valence-corrected chi connectivity index (χ1v) is 15.7. The lowest BCUT2D eigenvalue weighted by molar-refractivity contribution is -0.153. The number of nitrogens with zero attached hydrogens (tertiary/aromatic N) is 5. The van der Waals surface area contributed by atoms with Gasteiger partial charge in [-0.15, -0.1) is 21.9 Å². The number of halogens is 15. The van der Waals surface area contributed by atoms with Crippen molar-refractivity contribution < 1.29 is 78.3 Å². The average Bonchev–Trinajstić information content (AvgIpc) is 2.52. The van der Waals surface area contributed by atoms with Crippen molar-refractivity contribution in [2.75, 3.05) is 26.5 Å². The fourth-order valence-corrected chi connectivity index (χ4v) is 12.4. The monoisotopic (exact) mass is 651 g/mol. The maximum absolute atomic E-state index is 15.0. The van der Waals surface area contributed by atoms with Gasteiger partial charge in [0.05, 0.1) is 0 Å². The van der Waals surface area contributed by atoms with Gasteiger partial charge in [0.25, 0.3) is 0 Å². The van der Waals surface area contributed by atoms with E-state index in [0.717, 1.165) is 0 Å². The van der Waals surface area contributed by atoms with Gasteiger partial charge < -0.3 is 0 Å². The van der Waals surface area contributed by atoms with Crippen LogP contribution in [0.1, 0.15) is 0 Å². The first-order chi connectivity index (χ1) is 15.2. The lowest BCUT2D eigenvalue weighted by atomic mass is 10.7. The normalized spacial score (nSPS) is 34.5. The van der Waals surface area contributed by atoms with E-state index in [4.69, 9.17) is 0 Å². The lowest BCUT2D eigenvalue weighted by Gasteiger charge is -2.21. The number of hydrogen-bond acceptors (Lipinski definition) is 8. The van der Waals surface area contributed by atoms with Crippen molar-refractivity contribution in [3.63, 3.8) is 0 Å². The van der Waals surface area contributed by atoms with Crippen molar-refractivity contribution in [2.24, 2.45) is 22.6 Å². The quantitative estimate of drug-likeness (QED) is 0.212. The highest BCUT2D eigenvalue weighted by molar-refractivity contribution is 7.79. The van der Waals surface area contributed by atoms with E-state index < -0.39 is 76.9 Å². The molecular weight excluding hydrogens is 642 g/mol. The van der Waals surface area contributed by atoms with E-state index in [2.05, 4.69) is 18.1 Å². The smallest absolute Gasteiger partial charge is 0.294 e. The summed E-state index contributed by atoms with van der Waals surface area (Å²) >= 11 is 0. The summed E-state index contributed by atoms with van der Waals surface area (Å²) < 4.78 is 218. The molecule has 0 radical (unpaired) electrons. The minimum Gasteiger partial charge on any atom is -0.294 e. The largest absolute Gasteiger partial charge is 0.423 e. The molecule has 4 atom stereocenters. The molecule has 0 aliphatic carbocycles. The fraction of sp³-hybridized carbons (Fsp3) is 1.00. The summed E-state index contributed by atoms with van der Waals surface area (Å²) in [4.78, 5) is 0. The zero-order valence-corrected chi connectivity index (χ0v) is 20.5. The molecule has 1 aliphatic rings. The van der Waals surface area contributed by atoms with Crippen LogP contribution in [0.3, 0.4) is 0 Å². The van der Waals surface area contributed by atoms with E-state index in [9.17, 15) is 60.5 Å². The van der Waals surface area contributed by atoms with Crippen LogP contribution >= 0.6 is 38.6 Å². The number of hydrogen-bond donors (Lipinski definition) is 0. The Labute approximate surface area is 185 Å². The van der Waals surface area contributed by atoms with Crippen LogP contribution in [0.4, 0.5) is 64.7 Å². The molecule has 0 fully saturated rings. The topological polar surface area (TPSA) is 89.5 Å². The first-order valence-electron chi connectivity index (χ1n) is 7.64. The Bertz CT molecular complexity index is 1040. The maximum Gasteiger partial charge on any atom is 0.423 e. The van der Waals surface area contributed by atoms with Crippen LogP contribution in [-0.2, 0) is 13.6 Å². The second-order valence-corrected chi connectivity index (χ2v) is 15.5. The summed E-state index contributed by atoms with van der Waals surface area (Å²) in [6, 6.07) is 0. The third-order valence-electron chi connectivity index (χ3n) is 2.38. The van der Waals surface area contributed by atoms with E-state index in [1.807, 2.05) is 13.5 Å². The molecule has 0 aromatic carbocycles. The zero-order valence-electron chi connectivity index (χ0n) is 16.0. The standard InChI is InChI=1S/C7H9F15N5O3P5/c1-31(17)23-32(18,19)25-34(21,29-3-6(11,12)13)27-35(22,30-4-7(14,15)16)26-33(20,24-31)28-2-5(8,9)10/h2-4H2,1H3. The van der Waals surface area contributed by atoms with E-state index in [1.54, 1.807) is 4.52 Å². The van der Waals surface area contributed by atoms with Crippen LogP contribution in [0.15, 0.2) is 22.6 Å². The summed E-state index contributed by atoms with van der Waals surface area (Å²) in [6.45, 7) is -8.73. The number of rotatable bonds is 6. The predicted molar refractivity (Wildman–Crippen MR) is 95.3 cm³/mol. The van der Waals surface area contributed by atoms with Crippen molar-refractivity contribution in [3.05, 3.63) is 0 Å². The van der Waals surface area contributed by atoms with Gasteiger partial charge in [-0.05, 0) is 0 Å². The molecule has 28 heteroatoms. The highest BCUT2D eigenvalue weighted by Crippen LogP contribution is 2.81. The lowest BCUT2D eigenvalue weighted by Crippen LogP contribution is -2.16. The van der Waals surface area contributed by atoms with E-state index in [-0.39, 0.29) is 6.66 Å². The van der Waals surface area contributed by atoms with Gasteiger partial charge in [-0.2, -0.15) is 65.3 Å². The highest BCUT2D eigenvalue weighted by Gasteiger charge is 2.44. The molecule has 0 aromatic rings. The third-order valence-corrected chi connectivity index (χ3v) is 13.4. The molecule has 0 saturated heterocycles. The molecule has 1 aliphatic heterocycles. The van der Waals surface area contributed by atoms with Gasteiger partial charge in [-0.3, -0.25) is 13.6 Å². The molecule has 0 spiro atoms. The van der Waals surface area contributed by atoms with Crippen molar-refractivity contribution in [2.45, 2.75) is 18.5 Å². The molecule has 0 bridgehead atoms. The Hall–Kier alpha value is -0.0200. The minimum atomic E-state index is -6.97. The van der Waals surface area contributed by atoms with Crippen molar-refractivity contribution >= 4 is 38.6 Å². The van der Waals surface area contributed by atoms with Gasteiger partial charge in [-0.25, -0.2) is 0 Å². The summed E-state index contributed by atoms with van der Waals surface area (Å²) in [7, 11) is -33.2. The van der Waals surface area contributed by atoms with Crippen LogP contribution < -0.4 is 0 Å². The predicted octanol–water partition coefficient (Wildman–Crippen LogP) is 11.0. The Morgan fingerprint density at radius 3 is 1.09 bits per heavy atom. The second kappa shape index (κ2) is 10.6. The van der Waals surface area contributed by atoms with Crippen LogP contribution in [0.5, 0.6) is 0 Å². The molecule has 35 heavy (non-hydrogen) atoms. The molecular formula is C7H9F15N5O3P5. The van der Waals surface area contributed by atoms with Gasteiger partial charge in [0.1, 0.15) is 0 Å². The van der Waals surface area contributed by atoms with Crippen molar-refractivity contribution in [3.8, 4) is 0 Å². The molecule has 0 N–H and O–H groups in total. The van der Waals surface area contributed by atoms with E-state index >= 15 is 4.20 Å². The Morgan fingerprint density at radius 2 is 0.771 bits per heavy atom. The number of alkyl halides is 9. The Kier molecular flexibility index (Phi) is 10.0. The van der Waals surface area contributed by atoms with Gasteiger partial charge >= 0.3 is 49.6 Å². The summed E-state index contributed by atoms with van der Waals surface area (Å²) in [5.74, 6) is 0. The molecule has 0 amide bonds. The second-order valence-electron chi connectivity index (χ2n) is 5.80. The molecule has 8 nitrogen and oxygen atoms in total. The molecule has 210 valence electrons. The van der Waals surface area contributed by atoms with E-state index in [0.29, 0.717) is 0 Å². The van der Waals surface area contributed by atoms with Gasteiger partial charge in [0, 0.05) is 6.66 Å². The van der Waals surface area contributed by atoms with Gasteiger partial charge in [0.2, 0.25) is 7.52 Å². The third kappa shape index (κ3) is 13.4. The summed E-state index contributed by atoms with van der Waals surface area (Å²) in [6.07, 6.45) is -16.7. The van der Waals surface area contributed by atoms with Crippen LogP contribution in [-0.4, -0.2) is 45.0 Å². The zero-order chi connectivity index (χ0) is 27.8. The highest BCUT2D eigenvalue weighted by atomic mass is 31.3. The van der Waals surface area contributed by atoms with Crippen LogP contribution in [0, 0.1) is 0 Å². The molecule has 1 rings (SSSR count). The first kappa shape index (κ1) is 33.0. The van der Waals surface area contributed by atoms with E-state index in [1.165, 1.54) is 0 Å². The Balaban J connectivity index is 4.06. The molecule has 0 saturated carbocycles. The van der Waals surface area contributed by atoms with Gasteiger partial charge in [-0.1, -0.05) is 0 Å². The van der Waals surface area contributed by atoms with Crippen LogP contribution in [0.25, 0.3) is 0 Å².